The van der Waals surface area contributed by atoms with E-state index in [1.54, 1.807) is 32.0 Å². The number of hydrogen-bond acceptors (Lipinski definition) is 11. The number of aliphatic hydroxyl groups is 3. The van der Waals surface area contributed by atoms with Gasteiger partial charge in [0.25, 0.3) is 0 Å². The van der Waals surface area contributed by atoms with Crippen molar-refractivity contribution in [2.45, 2.75) is 160 Å². The van der Waals surface area contributed by atoms with Crippen molar-refractivity contribution < 1.29 is 39.1 Å². The third-order valence-corrected chi connectivity index (χ3v) is 14.1. The minimum atomic E-state index is -1.17. The largest absolute Gasteiger partial charge is 0.462 e. The normalized spacial score (nSPS) is 41.4. The standard InChI is InChI=1S/C43H74N2O8S/c1-9-37-33(26-54-34-16-11-10-12-17-34)15-13-14-18-35(46)29(4)22-32(19-20-45-24-27(2)21-28(3)25-45)42(30(5)36(47)23-38(48)52-37)53-43-41(50)39(44(7)8)40(49)31(6)51-43/h13-15,18,27-34,36-37,39-43,47,49-50H,9-12,16-17,19-26H2,1-8H3/b15-13+,18-14+/t27?,28?,29-,30+,31?,32+,33-,36-,37-,39?,40?,41?,42-,43?/m1/s1. The molecule has 0 aromatic heterocycles. The lowest BCUT2D eigenvalue weighted by Crippen LogP contribution is -2.63. The van der Waals surface area contributed by atoms with E-state index in [1.165, 1.54) is 38.5 Å². The van der Waals surface area contributed by atoms with E-state index >= 15 is 0 Å². The van der Waals surface area contributed by atoms with E-state index in [2.05, 4.69) is 24.8 Å². The van der Waals surface area contributed by atoms with Crippen LogP contribution in [0.25, 0.3) is 0 Å². The van der Waals surface area contributed by atoms with Gasteiger partial charge in [0.2, 0.25) is 0 Å². The number of esters is 1. The molecule has 4 rings (SSSR count). The van der Waals surface area contributed by atoms with Crippen LogP contribution in [0.4, 0.5) is 0 Å². The van der Waals surface area contributed by atoms with Crippen molar-refractivity contribution in [3.8, 4) is 0 Å². The number of ether oxygens (including phenoxy) is 3. The summed E-state index contributed by atoms with van der Waals surface area (Å²) in [6.45, 7) is 15.0. The molecule has 3 aliphatic heterocycles. The van der Waals surface area contributed by atoms with Crippen molar-refractivity contribution in [3.05, 3.63) is 24.3 Å². The van der Waals surface area contributed by atoms with Crippen molar-refractivity contribution in [2.75, 3.05) is 39.5 Å². The van der Waals surface area contributed by atoms with Crippen LogP contribution >= 0.6 is 11.8 Å². The average molecular weight is 779 g/mol. The molecule has 3 N–H and O–H groups in total. The highest BCUT2D eigenvalue weighted by molar-refractivity contribution is 7.99. The van der Waals surface area contributed by atoms with Gasteiger partial charge in [-0.3, -0.25) is 9.59 Å². The molecule has 310 valence electrons. The molecular formula is C43H74N2O8S. The predicted octanol–water partition coefficient (Wildman–Crippen LogP) is 5.86. The number of cyclic esters (lactones) is 1. The van der Waals surface area contributed by atoms with E-state index in [9.17, 15) is 24.9 Å². The Labute approximate surface area is 330 Å². The third kappa shape index (κ3) is 13.1. The second kappa shape index (κ2) is 22.0. The number of piperidine rings is 1. The molecule has 2 saturated heterocycles. The maximum Gasteiger partial charge on any atom is 0.308 e. The summed E-state index contributed by atoms with van der Waals surface area (Å²) in [6, 6.07) is -0.635. The number of likely N-dealkylation sites (tertiary alicyclic amines) is 1. The molecule has 54 heavy (non-hydrogen) atoms. The molecule has 0 spiro atoms. The maximum absolute atomic E-state index is 13.7. The van der Waals surface area contributed by atoms with Gasteiger partial charge in [0.1, 0.15) is 12.2 Å². The van der Waals surface area contributed by atoms with E-state index in [1.807, 2.05) is 44.7 Å². The van der Waals surface area contributed by atoms with Crippen LogP contribution in [-0.4, -0.2) is 131 Å². The van der Waals surface area contributed by atoms with Crippen molar-refractivity contribution in [1.82, 2.24) is 9.80 Å². The predicted molar refractivity (Wildman–Crippen MR) is 216 cm³/mol. The average Bonchev–Trinajstić information content (AvgIpc) is 3.12. The summed E-state index contributed by atoms with van der Waals surface area (Å²) in [4.78, 5) is 31.6. The smallest absolute Gasteiger partial charge is 0.308 e. The van der Waals surface area contributed by atoms with Crippen molar-refractivity contribution >= 4 is 23.5 Å². The molecule has 11 heteroatoms. The minimum absolute atomic E-state index is 0.0221. The van der Waals surface area contributed by atoms with Crippen molar-refractivity contribution in [3.63, 3.8) is 0 Å². The number of carbonyl (C=O) groups is 2. The second-order valence-corrected chi connectivity index (χ2v) is 18.9. The van der Waals surface area contributed by atoms with Crippen molar-refractivity contribution in [2.24, 2.45) is 35.5 Å². The molecule has 0 amide bonds. The number of allylic oxidation sites excluding steroid dienone is 3. The fraction of sp³-hybridized carbons (Fsp3) is 0.860. The Morgan fingerprint density at radius 1 is 0.944 bits per heavy atom. The molecule has 10 nitrogen and oxygen atoms in total. The number of thioether (sulfide) groups is 1. The fourth-order valence-electron chi connectivity index (χ4n) is 9.42. The van der Waals surface area contributed by atoms with Crippen LogP contribution in [0.2, 0.25) is 0 Å². The lowest BCUT2D eigenvalue weighted by atomic mass is 9.79. The SMILES string of the molecule is CC[C@H]1OC(=O)C[C@@H](O)[C@H](C)[C@@H](OC2OC(C)C(O)C(N(C)C)C2O)[C@@H](CCN2CC(C)CC(C)C2)C[C@@H](C)C(=O)/C=C/C=C/[C@@H]1CSC1CCCCC1. The summed E-state index contributed by atoms with van der Waals surface area (Å²) in [5.41, 5.74) is 0. The molecule has 1 saturated carbocycles. The fourth-order valence-corrected chi connectivity index (χ4v) is 10.9. The van der Waals surface area contributed by atoms with Gasteiger partial charge >= 0.3 is 5.97 Å². The van der Waals surface area contributed by atoms with Crippen LogP contribution in [0.1, 0.15) is 106 Å². The number of carbonyl (C=O) groups excluding carboxylic acids is 2. The van der Waals surface area contributed by atoms with Gasteiger partial charge in [-0.2, -0.15) is 11.8 Å². The molecule has 0 aromatic rings. The maximum atomic E-state index is 13.7. The quantitative estimate of drug-likeness (QED) is 0.231. The molecule has 7 unspecified atom stereocenters. The van der Waals surface area contributed by atoms with E-state index in [0.717, 1.165) is 25.4 Å². The molecule has 0 radical (unpaired) electrons. The summed E-state index contributed by atoms with van der Waals surface area (Å²) >= 11 is 1.96. The van der Waals surface area contributed by atoms with E-state index in [0.29, 0.717) is 36.3 Å². The van der Waals surface area contributed by atoms with E-state index in [4.69, 9.17) is 14.2 Å². The van der Waals surface area contributed by atoms with Gasteiger partial charge in [0.15, 0.2) is 12.1 Å². The second-order valence-electron chi connectivity index (χ2n) is 17.6. The molecule has 3 heterocycles. The summed E-state index contributed by atoms with van der Waals surface area (Å²) < 4.78 is 19.1. The Hall–Kier alpha value is -1.31. The molecule has 0 aromatic carbocycles. The summed E-state index contributed by atoms with van der Waals surface area (Å²) in [5, 5.41) is 35.0. The van der Waals surface area contributed by atoms with Crippen LogP contribution in [0, 0.1) is 35.5 Å². The first-order chi connectivity index (χ1) is 25.7. The molecular weight excluding hydrogens is 705 g/mol. The lowest BCUT2D eigenvalue weighted by Gasteiger charge is -2.47. The number of likely N-dealkylation sites (N-methyl/N-ethyl adjacent to an activating group) is 1. The molecule has 1 aliphatic carbocycles. The highest BCUT2D eigenvalue weighted by Gasteiger charge is 2.47. The van der Waals surface area contributed by atoms with Gasteiger partial charge in [-0.25, -0.2) is 0 Å². The van der Waals surface area contributed by atoms with Crippen LogP contribution in [0.3, 0.4) is 0 Å². The minimum Gasteiger partial charge on any atom is -0.462 e. The Kier molecular flexibility index (Phi) is 18.5. The number of rotatable bonds is 10. The van der Waals surface area contributed by atoms with Gasteiger partial charge < -0.3 is 39.3 Å². The summed E-state index contributed by atoms with van der Waals surface area (Å²) in [5.74, 6) is 0.423. The van der Waals surface area contributed by atoms with Gasteiger partial charge in [-0.1, -0.05) is 72.1 Å². The number of ketones is 1. The zero-order valence-electron chi connectivity index (χ0n) is 34.6. The molecule has 0 bridgehead atoms. The van der Waals surface area contributed by atoms with Crippen molar-refractivity contribution in [1.29, 1.82) is 0 Å². The monoisotopic (exact) mass is 779 g/mol. The Morgan fingerprint density at radius 2 is 1.63 bits per heavy atom. The topological polar surface area (TPSA) is 129 Å². The number of nitrogens with zero attached hydrogens (tertiary/aromatic N) is 2. The Balaban J connectivity index is 1.65. The van der Waals surface area contributed by atoms with Gasteiger partial charge in [-0.15, -0.1) is 0 Å². The van der Waals surface area contributed by atoms with Crippen LogP contribution < -0.4 is 0 Å². The summed E-state index contributed by atoms with van der Waals surface area (Å²) in [6.07, 6.45) is 10.6. The molecule has 14 atom stereocenters. The van der Waals surface area contributed by atoms with E-state index in [-0.39, 0.29) is 36.1 Å². The lowest BCUT2D eigenvalue weighted by molar-refractivity contribution is -0.304. The van der Waals surface area contributed by atoms with Gasteiger partial charge in [0.05, 0.1) is 36.9 Å². The van der Waals surface area contributed by atoms with Crippen LogP contribution in [0.15, 0.2) is 24.3 Å². The van der Waals surface area contributed by atoms with Crippen LogP contribution in [-0.2, 0) is 23.8 Å². The zero-order chi connectivity index (χ0) is 39.5. The van der Waals surface area contributed by atoms with E-state index < -0.39 is 54.7 Å². The first-order valence-electron chi connectivity index (χ1n) is 21.1. The van der Waals surface area contributed by atoms with Gasteiger partial charge in [0, 0.05) is 41.8 Å². The highest BCUT2D eigenvalue weighted by Crippen LogP contribution is 2.36. The first-order valence-corrected chi connectivity index (χ1v) is 22.2. The summed E-state index contributed by atoms with van der Waals surface area (Å²) in [7, 11) is 3.61. The first kappa shape index (κ1) is 45.4. The van der Waals surface area contributed by atoms with Gasteiger partial charge in [-0.05, 0) is 89.9 Å². The third-order valence-electron chi connectivity index (χ3n) is 12.5. The molecule has 4 aliphatic rings. The number of aliphatic hydroxyl groups excluding tert-OH is 3. The van der Waals surface area contributed by atoms with Crippen LogP contribution in [0.5, 0.6) is 0 Å². The highest BCUT2D eigenvalue weighted by atomic mass is 32.2. The Bertz CT molecular complexity index is 1200. The Morgan fingerprint density at radius 3 is 2.28 bits per heavy atom. The zero-order valence-corrected chi connectivity index (χ0v) is 35.4. The number of hydrogen-bond donors (Lipinski definition) is 3. The molecule has 3 fully saturated rings.